The van der Waals surface area contributed by atoms with E-state index in [1.807, 2.05) is 13.0 Å². The summed E-state index contributed by atoms with van der Waals surface area (Å²) in [7, 11) is 0. The fourth-order valence-corrected chi connectivity index (χ4v) is 2.16. The van der Waals surface area contributed by atoms with Crippen molar-refractivity contribution in [3.63, 3.8) is 0 Å². The van der Waals surface area contributed by atoms with Crippen molar-refractivity contribution < 1.29 is 29.3 Å². The molecule has 0 fully saturated rings. The summed E-state index contributed by atoms with van der Waals surface area (Å²) in [5.74, 6) is -0.665. The van der Waals surface area contributed by atoms with Gasteiger partial charge in [0.05, 0.1) is 12.3 Å². The van der Waals surface area contributed by atoms with E-state index in [2.05, 4.69) is 10.6 Å². The fraction of sp³-hybridized carbons (Fsp3) is 0.474. The number of benzene rings is 1. The number of aryl methyl sites for hydroxylation is 1. The Balaban J connectivity index is 2.82. The van der Waals surface area contributed by atoms with E-state index in [-0.39, 0.29) is 26.3 Å². The van der Waals surface area contributed by atoms with Gasteiger partial charge in [-0.3, -0.25) is 0 Å². The summed E-state index contributed by atoms with van der Waals surface area (Å²) in [6, 6.07) is 5.34. The van der Waals surface area contributed by atoms with Gasteiger partial charge in [0.15, 0.2) is 0 Å². The van der Waals surface area contributed by atoms with Gasteiger partial charge in [0.2, 0.25) is 0 Å². The molecular formula is C19H28N2O6. The number of carbonyl (C=O) groups is 2. The van der Waals surface area contributed by atoms with E-state index in [0.717, 1.165) is 11.6 Å². The maximum Gasteiger partial charge on any atom is 0.407 e. The van der Waals surface area contributed by atoms with E-state index >= 15 is 0 Å². The number of carboxylic acid groups (broad SMARTS) is 1. The average Bonchev–Trinajstić information content (AvgIpc) is 2.54. The van der Waals surface area contributed by atoms with Gasteiger partial charge in [-0.15, -0.1) is 0 Å². The normalized spacial score (nSPS) is 11.7. The van der Waals surface area contributed by atoms with Crippen molar-refractivity contribution in [3.05, 3.63) is 35.4 Å². The third-order valence-electron chi connectivity index (χ3n) is 3.15. The molecule has 0 spiro atoms. The van der Waals surface area contributed by atoms with Crippen LogP contribution in [0.15, 0.2) is 24.3 Å². The predicted molar refractivity (Wildman–Crippen MR) is 102 cm³/mol. The molecule has 0 saturated heterocycles. The molecule has 0 unspecified atom stereocenters. The Kier molecular flexibility index (Phi) is 8.61. The van der Waals surface area contributed by atoms with Gasteiger partial charge in [0, 0.05) is 24.7 Å². The molecule has 4 N–H and O–H groups in total. The zero-order valence-corrected chi connectivity index (χ0v) is 16.2. The maximum atomic E-state index is 11.7. The van der Waals surface area contributed by atoms with Crippen LogP contribution in [0.4, 0.5) is 4.79 Å². The number of aliphatic hydroxyl groups is 1. The topological polar surface area (TPSA) is 117 Å². The molecule has 8 heteroatoms. The third kappa shape index (κ3) is 8.96. The monoisotopic (exact) mass is 380 g/mol. The number of amides is 1. The lowest BCUT2D eigenvalue weighted by Crippen LogP contribution is -2.36. The lowest BCUT2D eigenvalue weighted by molar-refractivity contribution is -0.131. The second-order valence-corrected chi connectivity index (χ2v) is 6.82. The Hall–Kier alpha value is -2.74. The van der Waals surface area contributed by atoms with Gasteiger partial charge < -0.3 is 30.3 Å². The standard InChI is InChI=1S/C19H28N2O6/c1-13-5-6-16(26-10-9-22)14(11-13)15(12-17(23)24)20-7-8-21-18(25)27-19(2,3)4/h5-6,11-12,20,22H,7-10H2,1-4H3,(H,21,25)(H,23,24)/b15-12+. The van der Waals surface area contributed by atoms with E-state index in [1.54, 1.807) is 32.9 Å². The van der Waals surface area contributed by atoms with Crippen LogP contribution >= 0.6 is 0 Å². The maximum absolute atomic E-state index is 11.7. The SMILES string of the molecule is Cc1ccc(OCCO)c(/C(=C\C(=O)O)NCCNC(=O)OC(C)(C)C)c1. The summed E-state index contributed by atoms with van der Waals surface area (Å²) in [5, 5.41) is 23.7. The fourth-order valence-electron chi connectivity index (χ4n) is 2.16. The van der Waals surface area contributed by atoms with Gasteiger partial charge in [-0.2, -0.15) is 0 Å². The lowest BCUT2D eigenvalue weighted by atomic mass is 10.1. The van der Waals surface area contributed by atoms with E-state index in [1.165, 1.54) is 0 Å². The van der Waals surface area contributed by atoms with Crippen molar-refractivity contribution in [2.45, 2.75) is 33.3 Å². The van der Waals surface area contributed by atoms with Gasteiger partial charge >= 0.3 is 12.1 Å². The third-order valence-corrected chi connectivity index (χ3v) is 3.15. The Morgan fingerprint density at radius 2 is 1.85 bits per heavy atom. The summed E-state index contributed by atoms with van der Waals surface area (Å²) in [6.07, 6.45) is 0.490. The van der Waals surface area contributed by atoms with Crippen LogP contribution in [0.5, 0.6) is 5.75 Å². The predicted octanol–water partition coefficient (Wildman–Crippen LogP) is 1.91. The van der Waals surface area contributed by atoms with Crippen molar-refractivity contribution in [2.24, 2.45) is 0 Å². The largest absolute Gasteiger partial charge is 0.490 e. The number of rotatable bonds is 9. The molecule has 0 aromatic heterocycles. The summed E-state index contributed by atoms with van der Waals surface area (Å²) in [4.78, 5) is 22.9. The lowest BCUT2D eigenvalue weighted by Gasteiger charge is -2.20. The van der Waals surface area contributed by atoms with E-state index in [0.29, 0.717) is 17.0 Å². The van der Waals surface area contributed by atoms with Gasteiger partial charge in [-0.1, -0.05) is 11.6 Å². The number of aliphatic carboxylic acids is 1. The molecule has 0 aliphatic rings. The minimum Gasteiger partial charge on any atom is -0.490 e. The second-order valence-electron chi connectivity index (χ2n) is 6.82. The average molecular weight is 380 g/mol. The smallest absolute Gasteiger partial charge is 0.407 e. The summed E-state index contributed by atoms with van der Waals surface area (Å²) in [6.45, 7) is 7.64. The summed E-state index contributed by atoms with van der Waals surface area (Å²) < 4.78 is 10.6. The molecule has 1 amide bonds. The number of aliphatic hydroxyl groups excluding tert-OH is 1. The number of carbonyl (C=O) groups excluding carboxylic acids is 1. The van der Waals surface area contributed by atoms with Crippen LogP contribution in [0.25, 0.3) is 5.70 Å². The first kappa shape index (κ1) is 22.3. The number of alkyl carbamates (subject to hydrolysis) is 1. The van der Waals surface area contributed by atoms with Crippen LogP contribution in [0, 0.1) is 6.92 Å². The quantitative estimate of drug-likeness (QED) is 0.382. The Bertz CT molecular complexity index is 679. The van der Waals surface area contributed by atoms with Gasteiger partial charge in [-0.25, -0.2) is 9.59 Å². The minimum atomic E-state index is -1.12. The van der Waals surface area contributed by atoms with Crippen LogP contribution in [-0.2, 0) is 9.53 Å². The number of ether oxygens (including phenoxy) is 2. The van der Waals surface area contributed by atoms with Crippen LogP contribution in [-0.4, -0.2) is 54.2 Å². The number of carboxylic acids is 1. The molecular weight excluding hydrogens is 352 g/mol. The molecule has 0 bridgehead atoms. The van der Waals surface area contributed by atoms with Crippen LogP contribution < -0.4 is 15.4 Å². The molecule has 1 aromatic carbocycles. The number of hydrogen-bond donors (Lipinski definition) is 4. The zero-order chi connectivity index (χ0) is 20.4. The summed E-state index contributed by atoms with van der Waals surface area (Å²) >= 11 is 0. The summed E-state index contributed by atoms with van der Waals surface area (Å²) in [5.41, 5.74) is 1.23. The molecule has 0 aliphatic carbocycles. The molecule has 0 heterocycles. The van der Waals surface area contributed by atoms with Crippen molar-refractivity contribution in [2.75, 3.05) is 26.3 Å². The second kappa shape index (κ2) is 10.4. The first-order valence-electron chi connectivity index (χ1n) is 8.62. The van der Waals surface area contributed by atoms with Crippen LogP contribution in [0.2, 0.25) is 0 Å². The highest BCUT2D eigenvalue weighted by Crippen LogP contribution is 2.26. The molecule has 150 valence electrons. The van der Waals surface area contributed by atoms with Gasteiger partial charge in [0.1, 0.15) is 18.0 Å². The highest BCUT2D eigenvalue weighted by Gasteiger charge is 2.16. The van der Waals surface area contributed by atoms with Crippen LogP contribution in [0.1, 0.15) is 31.9 Å². The highest BCUT2D eigenvalue weighted by molar-refractivity contribution is 5.90. The first-order valence-corrected chi connectivity index (χ1v) is 8.62. The molecule has 0 radical (unpaired) electrons. The first-order chi connectivity index (χ1) is 12.6. The van der Waals surface area contributed by atoms with Crippen molar-refractivity contribution >= 4 is 17.8 Å². The van der Waals surface area contributed by atoms with E-state index in [4.69, 9.17) is 19.7 Å². The molecule has 1 aromatic rings. The molecule has 0 aliphatic heterocycles. The van der Waals surface area contributed by atoms with E-state index < -0.39 is 17.7 Å². The number of hydrogen-bond acceptors (Lipinski definition) is 6. The van der Waals surface area contributed by atoms with Crippen molar-refractivity contribution in [1.29, 1.82) is 0 Å². The molecule has 8 nitrogen and oxygen atoms in total. The van der Waals surface area contributed by atoms with Crippen molar-refractivity contribution in [1.82, 2.24) is 10.6 Å². The minimum absolute atomic E-state index is 0.0939. The molecule has 0 atom stereocenters. The number of nitrogens with one attached hydrogen (secondary N) is 2. The molecule has 1 rings (SSSR count). The Morgan fingerprint density at radius 1 is 1.19 bits per heavy atom. The van der Waals surface area contributed by atoms with Crippen LogP contribution in [0.3, 0.4) is 0 Å². The van der Waals surface area contributed by atoms with E-state index in [9.17, 15) is 9.59 Å². The Morgan fingerprint density at radius 3 is 2.44 bits per heavy atom. The van der Waals surface area contributed by atoms with Gasteiger partial charge in [-0.05, 0) is 39.8 Å². The molecule has 27 heavy (non-hydrogen) atoms. The molecule has 0 saturated carbocycles. The Labute approximate surface area is 159 Å². The van der Waals surface area contributed by atoms with Crippen molar-refractivity contribution in [3.8, 4) is 5.75 Å². The van der Waals surface area contributed by atoms with Gasteiger partial charge in [0.25, 0.3) is 0 Å². The zero-order valence-electron chi connectivity index (χ0n) is 16.2. The highest BCUT2D eigenvalue weighted by atomic mass is 16.6.